The van der Waals surface area contributed by atoms with Gasteiger partial charge in [0.2, 0.25) is 11.4 Å². The largest absolute Gasteiger partial charge is 0.497 e. The van der Waals surface area contributed by atoms with E-state index in [9.17, 15) is 14.4 Å². The minimum absolute atomic E-state index is 0.0363. The molecule has 2 aromatic carbocycles. The molecule has 0 spiro atoms. The van der Waals surface area contributed by atoms with Gasteiger partial charge in [-0.1, -0.05) is 26.0 Å². The topological polar surface area (TPSA) is 94.2 Å². The molecule has 0 fully saturated rings. The molecule has 1 N–H and O–H groups in total. The zero-order valence-electron chi connectivity index (χ0n) is 23.6. The molecule has 2 amide bonds. The van der Waals surface area contributed by atoms with Crippen LogP contribution in [0.2, 0.25) is 0 Å². The van der Waals surface area contributed by atoms with Crippen LogP contribution in [0.4, 0.5) is 13.2 Å². The zero-order chi connectivity index (χ0) is 30.2. The number of amides is 2. The number of aryl methyl sites for hydroxylation is 1. The molecule has 41 heavy (non-hydrogen) atoms. The molecular formula is C30H33F3N2O6. The Morgan fingerprint density at radius 2 is 1.49 bits per heavy atom. The van der Waals surface area contributed by atoms with Gasteiger partial charge in [-0.3, -0.25) is 14.4 Å². The Kier molecular flexibility index (Phi) is 8.11. The number of benzene rings is 2. The van der Waals surface area contributed by atoms with Gasteiger partial charge in [-0.05, 0) is 53.6 Å². The van der Waals surface area contributed by atoms with Crippen LogP contribution in [0.1, 0.15) is 44.2 Å². The monoisotopic (exact) mass is 574 g/mol. The smallest absolute Gasteiger partial charge is 0.425 e. The minimum Gasteiger partial charge on any atom is -0.497 e. The average molecular weight is 575 g/mol. The Morgan fingerprint density at radius 3 is 2.02 bits per heavy atom. The molecule has 8 nitrogen and oxygen atoms in total. The summed E-state index contributed by atoms with van der Waals surface area (Å²) in [5, 5.41) is 1.98. The Hall–Kier alpha value is -4.02. The third kappa shape index (κ3) is 5.75. The summed E-state index contributed by atoms with van der Waals surface area (Å²) >= 11 is 0. The lowest BCUT2D eigenvalue weighted by Crippen LogP contribution is -2.66. The standard InChI is InChI=1S/C30H33F3N2O6/c1-28(2)15-23-26(24(36)16-28)29(30(31,32)33,34-25(37)11-8-18-6-9-20(39-3)10-7-18)27(38)35(23)17-19-12-21(40-4)14-22(13-19)41-5/h6-7,9-10,12-14H,8,11,15-17H2,1-5H3,(H,34,37)/t29-/m0/s1. The fraction of sp³-hybridized carbons (Fsp3) is 0.433. The zero-order valence-corrected chi connectivity index (χ0v) is 23.6. The maximum Gasteiger partial charge on any atom is 0.425 e. The van der Waals surface area contributed by atoms with Crippen LogP contribution < -0.4 is 19.5 Å². The lowest BCUT2D eigenvalue weighted by Gasteiger charge is -2.35. The van der Waals surface area contributed by atoms with E-state index in [1.54, 1.807) is 56.3 Å². The number of allylic oxidation sites excluding steroid dienone is 1. The van der Waals surface area contributed by atoms with Gasteiger partial charge in [0, 0.05) is 24.6 Å². The Bertz CT molecular complexity index is 1360. The number of ketones is 1. The Balaban J connectivity index is 1.73. The van der Waals surface area contributed by atoms with Crippen molar-refractivity contribution in [2.45, 2.75) is 57.8 Å². The molecule has 1 aliphatic carbocycles. The Morgan fingerprint density at radius 1 is 0.902 bits per heavy atom. The van der Waals surface area contributed by atoms with E-state index < -0.39 is 40.3 Å². The second-order valence-electron chi connectivity index (χ2n) is 11.0. The van der Waals surface area contributed by atoms with Crippen LogP contribution in [0.25, 0.3) is 0 Å². The van der Waals surface area contributed by atoms with Gasteiger partial charge >= 0.3 is 6.18 Å². The van der Waals surface area contributed by atoms with Crippen molar-refractivity contribution >= 4 is 17.6 Å². The van der Waals surface area contributed by atoms with E-state index in [4.69, 9.17) is 14.2 Å². The number of carbonyl (C=O) groups is 3. The predicted octanol–water partition coefficient (Wildman–Crippen LogP) is 4.75. The molecule has 0 unspecified atom stereocenters. The van der Waals surface area contributed by atoms with Crippen molar-refractivity contribution in [2.24, 2.45) is 5.41 Å². The van der Waals surface area contributed by atoms with E-state index in [1.807, 2.05) is 5.32 Å². The number of nitrogens with one attached hydrogen (secondary N) is 1. The van der Waals surface area contributed by atoms with Gasteiger partial charge in [0.15, 0.2) is 5.78 Å². The third-order valence-corrected chi connectivity index (χ3v) is 7.42. The van der Waals surface area contributed by atoms with Crippen LogP contribution in [0.3, 0.4) is 0 Å². The predicted molar refractivity (Wildman–Crippen MR) is 143 cm³/mol. The number of methoxy groups -OCH3 is 3. The lowest BCUT2D eigenvalue weighted by molar-refractivity contribution is -0.194. The van der Waals surface area contributed by atoms with Gasteiger partial charge in [-0.2, -0.15) is 13.2 Å². The van der Waals surface area contributed by atoms with Crippen molar-refractivity contribution in [1.29, 1.82) is 0 Å². The van der Waals surface area contributed by atoms with Crippen LogP contribution >= 0.6 is 0 Å². The van der Waals surface area contributed by atoms with Crippen LogP contribution in [-0.2, 0) is 27.3 Å². The molecule has 11 heteroatoms. The summed E-state index contributed by atoms with van der Waals surface area (Å²) in [5.41, 5.74) is -3.80. The number of hydrogen-bond acceptors (Lipinski definition) is 6. The highest BCUT2D eigenvalue weighted by molar-refractivity contribution is 6.13. The number of carbonyl (C=O) groups excluding carboxylic acids is 3. The van der Waals surface area contributed by atoms with Gasteiger partial charge < -0.3 is 24.4 Å². The maximum absolute atomic E-state index is 15.1. The fourth-order valence-corrected chi connectivity index (χ4v) is 5.46. The van der Waals surface area contributed by atoms with Gasteiger partial charge in [0.25, 0.3) is 5.91 Å². The molecule has 1 atom stereocenters. The first-order valence-corrected chi connectivity index (χ1v) is 13.1. The highest BCUT2D eigenvalue weighted by Gasteiger charge is 2.71. The third-order valence-electron chi connectivity index (χ3n) is 7.42. The second kappa shape index (κ2) is 11.1. The van der Waals surface area contributed by atoms with Gasteiger partial charge in [0.1, 0.15) is 17.2 Å². The molecule has 0 radical (unpaired) electrons. The van der Waals surface area contributed by atoms with E-state index >= 15 is 13.2 Å². The number of rotatable bonds is 9. The number of nitrogens with zero attached hydrogens (tertiary/aromatic N) is 1. The SMILES string of the molecule is COc1ccc(CCC(=O)N[C@]2(C(F)(F)F)C(=O)N(Cc3cc(OC)cc(OC)c3)C3=C2C(=O)CC(C)(C)C3)cc1. The molecule has 4 rings (SSSR count). The quantitative estimate of drug-likeness (QED) is 0.465. The molecular weight excluding hydrogens is 541 g/mol. The lowest BCUT2D eigenvalue weighted by atomic mass is 9.72. The molecule has 220 valence electrons. The number of alkyl halides is 3. The van der Waals surface area contributed by atoms with E-state index in [-0.39, 0.29) is 37.9 Å². The van der Waals surface area contributed by atoms with Crippen molar-refractivity contribution in [3.8, 4) is 17.2 Å². The van der Waals surface area contributed by atoms with Gasteiger partial charge in [-0.15, -0.1) is 0 Å². The number of hydrogen-bond donors (Lipinski definition) is 1. The first kappa shape index (κ1) is 30.0. The second-order valence-corrected chi connectivity index (χ2v) is 11.0. The minimum atomic E-state index is -5.28. The summed E-state index contributed by atoms with van der Waals surface area (Å²) < 4.78 is 60.8. The molecule has 2 aromatic rings. The van der Waals surface area contributed by atoms with Crippen LogP contribution in [-0.4, -0.2) is 55.5 Å². The van der Waals surface area contributed by atoms with Crippen molar-refractivity contribution in [2.75, 3.05) is 21.3 Å². The summed E-state index contributed by atoms with van der Waals surface area (Å²) in [7, 11) is 4.36. The van der Waals surface area contributed by atoms with Gasteiger partial charge in [-0.25, -0.2) is 0 Å². The number of halogens is 3. The van der Waals surface area contributed by atoms with Gasteiger partial charge in [0.05, 0.1) is 33.4 Å². The molecule has 0 aromatic heterocycles. The molecule has 0 saturated carbocycles. The van der Waals surface area contributed by atoms with E-state index in [0.717, 1.165) is 4.90 Å². The van der Waals surface area contributed by atoms with Crippen molar-refractivity contribution in [3.05, 3.63) is 64.9 Å². The summed E-state index contributed by atoms with van der Waals surface area (Å²) in [6.45, 7) is 3.23. The van der Waals surface area contributed by atoms with E-state index in [2.05, 4.69) is 0 Å². The van der Waals surface area contributed by atoms with Crippen molar-refractivity contribution < 1.29 is 41.8 Å². The first-order chi connectivity index (χ1) is 19.2. The normalized spacial score (nSPS) is 20.1. The summed E-state index contributed by atoms with van der Waals surface area (Å²) in [5.74, 6) is -1.87. The van der Waals surface area contributed by atoms with E-state index in [1.165, 1.54) is 21.3 Å². The summed E-state index contributed by atoms with van der Waals surface area (Å²) in [6.07, 6.45) is -5.64. The fourth-order valence-electron chi connectivity index (χ4n) is 5.46. The molecule has 2 aliphatic rings. The van der Waals surface area contributed by atoms with E-state index in [0.29, 0.717) is 28.4 Å². The molecule has 0 bridgehead atoms. The number of Topliss-reactive ketones (excluding diaryl/α,β-unsaturated/α-hetero) is 1. The highest BCUT2D eigenvalue weighted by Crippen LogP contribution is 2.52. The summed E-state index contributed by atoms with van der Waals surface area (Å²) in [4.78, 5) is 41.3. The molecule has 1 aliphatic heterocycles. The summed E-state index contributed by atoms with van der Waals surface area (Å²) in [6, 6.07) is 11.5. The molecule has 1 heterocycles. The maximum atomic E-state index is 15.1. The van der Waals surface area contributed by atoms with Crippen LogP contribution in [0, 0.1) is 5.41 Å². The number of ether oxygens (including phenoxy) is 3. The van der Waals surface area contributed by atoms with Crippen LogP contribution in [0.5, 0.6) is 17.2 Å². The first-order valence-electron chi connectivity index (χ1n) is 13.1. The van der Waals surface area contributed by atoms with Crippen molar-refractivity contribution in [1.82, 2.24) is 10.2 Å². The van der Waals surface area contributed by atoms with Crippen molar-refractivity contribution in [3.63, 3.8) is 0 Å². The average Bonchev–Trinajstić information content (AvgIpc) is 3.14. The highest BCUT2D eigenvalue weighted by atomic mass is 19.4. The van der Waals surface area contributed by atoms with Crippen LogP contribution in [0.15, 0.2) is 53.7 Å². The Labute approximate surface area is 236 Å². The molecule has 0 saturated heterocycles.